The summed E-state index contributed by atoms with van der Waals surface area (Å²) in [6.07, 6.45) is 2.16. The van der Waals surface area contributed by atoms with Gasteiger partial charge in [-0.3, -0.25) is 4.79 Å². The normalized spacial score (nSPS) is 22.7. The Morgan fingerprint density at radius 3 is 3.00 bits per heavy atom. The third-order valence-electron chi connectivity index (χ3n) is 3.97. The Kier molecular flexibility index (Phi) is 4.43. The number of aryl methyl sites for hydroxylation is 1. The molecule has 3 N–H and O–H groups in total. The van der Waals surface area contributed by atoms with E-state index in [1.165, 1.54) is 0 Å². The maximum atomic E-state index is 12.2. The summed E-state index contributed by atoms with van der Waals surface area (Å²) < 4.78 is 0. The molecule has 2 atom stereocenters. The summed E-state index contributed by atoms with van der Waals surface area (Å²) >= 11 is 0. The molecule has 1 saturated heterocycles. The number of aliphatic hydroxyl groups excluding tert-OH is 1. The summed E-state index contributed by atoms with van der Waals surface area (Å²) in [5.74, 6) is 0.521. The van der Waals surface area contributed by atoms with Gasteiger partial charge in [-0.1, -0.05) is 19.1 Å². The number of nitrogens with zero attached hydrogens (tertiary/aromatic N) is 1. The molecule has 1 fully saturated rings. The van der Waals surface area contributed by atoms with Crippen molar-refractivity contribution in [1.29, 1.82) is 0 Å². The average Bonchev–Trinajstić information content (AvgIpc) is 2.77. The van der Waals surface area contributed by atoms with Gasteiger partial charge in [-0.05, 0) is 36.5 Å². The van der Waals surface area contributed by atoms with E-state index in [1.807, 2.05) is 29.2 Å². The molecule has 19 heavy (non-hydrogen) atoms. The maximum absolute atomic E-state index is 12.2. The molecule has 0 aliphatic carbocycles. The van der Waals surface area contributed by atoms with E-state index in [4.69, 9.17) is 5.73 Å². The van der Waals surface area contributed by atoms with Crippen molar-refractivity contribution in [1.82, 2.24) is 4.90 Å². The van der Waals surface area contributed by atoms with Crippen molar-refractivity contribution in [2.75, 3.05) is 18.9 Å². The highest BCUT2D eigenvalue weighted by Crippen LogP contribution is 2.24. The minimum Gasteiger partial charge on any atom is -0.399 e. The van der Waals surface area contributed by atoms with E-state index in [0.29, 0.717) is 18.8 Å². The third kappa shape index (κ3) is 3.26. The van der Waals surface area contributed by atoms with E-state index in [9.17, 15) is 9.90 Å². The zero-order chi connectivity index (χ0) is 13.8. The molecular weight excluding hydrogens is 240 g/mol. The number of aliphatic hydroxyl groups is 1. The van der Waals surface area contributed by atoms with Crippen LogP contribution in [-0.4, -0.2) is 35.1 Å². The number of amides is 1. The van der Waals surface area contributed by atoms with Gasteiger partial charge in [0.15, 0.2) is 0 Å². The smallest absolute Gasteiger partial charge is 0.223 e. The van der Waals surface area contributed by atoms with Gasteiger partial charge in [-0.25, -0.2) is 0 Å². The molecule has 0 saturated carbocycles. The van der Waals surface area contributed by atoms with Crippen molar-refractivity contribution in [2.24, 2.45) is 5.92 Å². The number of anilines is 1. The van der Waals surface area contributed by atoms with E-state index in [2.05, 4.69) is 6.92 Å². The second kappa shape index (κ2) is 6.06. The summed E-state index contributed by atoms with van der Waals surface area (Å²) in [7, 11) is 0. The van der Waals surface area contributed by atoms with E-state index in [-0.39, 0.29) is 18.6 Å². The number of nitrogen functional groups attached to an aromatic ring is 1. The fourth-order valence-corrected chi connectivity index (χ4v) is 2.74. The number of hydrogen-bond acceptors (Lipinski definition) is 3. The molecular formula is C15H22N2O2. The Bertz CT molecular complexity index is 448. The van der Waals surface area contributed by atoms with Gasteiger partial charge in [0.05, 0.1) is 12.6 Å². The monoisotopic (exact) mass is 262 g/mol. The van der Waals surface area contributed by atoms with Gasteiger partial charge in [0.2, 0.25) is 5.91 Å². The first kappa shape index (κ1) is 13.9. The number of carbonyl (C=O) groups excluding carboxylic acids is 1. The van der Waals surface area contributed by atoms with Gasteiger partial charge >= 0.3 is 0 Å². The molecule has 4 heteroatoms. The van der Waals surface area contributed by atoms with Crippen molar-refractivity contribution >= 4 is 11.6 Å². The van der Waals surface area contributed by atoms with Crippen LogP contribution in [0.4, 0.5) is 5.69 Å². The highest BCUT2D eigenvalue weighted by atomic mass is 16.3. The molecule has 0 aromatic heterocycles. The lowest BCUT2D eigenvalue weighted by Gasteiger charge is -2.25. The first-order valence-electron chi connectivity index (χ1n) is 6.86. The lowest BCUT2D eigenvalue weighted by molar-refractivity contribution is -0.133. The molecule has 1 aromatic carbocycles. The molecule has 1 aliphatic heterocycles. The van der Waals surface area contributed by atoms with E-state index in [1.54, 1.807) is 0 Å². The van der Waals surface area contributed by atoms with Crippen LogP contribution in [0.25, 0.3) is 0 Å². The van der Waals surface area contributed by atoms with Crippen LogP contribution in [0, 0.1) is 5.92 Å². The molecule has 0 spiro atoms. The maximum Gasteiger partial charge on any atom is 0.223 e. The van der Waals surface area contributed by atoms with Crippen LogP contribution in [0.3, 0.4) is 0 Å². The number of nitrogens with two attached hydrogens (primary N) is 1. The highest BCUT2D eigenvalue weighted by Gasteiger charge is 2.33. The molecule has 0 radical (unpaired) electrons. The Morgan fingerprint density at radius 2 is 2.32 bits per heavy atom. The van der Waals surface area contributed by atoms with Crippen molar-refractivity contribution in [2.45, 2.75) is 32.2 Å². The van der Waals surface area contributed by atoms with Crippen LogP contribution in [-0.2, 0) is 11.2 Å². The molecule has 2 rings (SSSR count). The largest absolute Gasteiger partial charge is 0.399 e. The Morgan fingerprint density at radius 1 is 1.53 bits per heavy atom. The van der Waals surface area contributed by atoms with Gasteiger partial charge < -0.3 is 15.7 Å². The topological polar surface area (TPSA) is 66.6 Å². The highest BCUT2D eigenvalue weighted by molar-refractivity contribution is 5.77. The molecule has 0 bridgehead atoms. The SMILES string of the molecule is CC1CCN(C(=O)CCc2cccc(N)c2)C1CO. The van der Waals surface area contributed by atoms with Crippen LogP contribution in [0.1, 0.15) is 25.3 Å². The van der Waals surface area contributed by atoms with Crippen molar-refractivity contribution in [3.05, 3.63) is 29.8 Å². The molecule has 1 amide bonds. The summed E-state index contributed by atoms with van der Waals surface area (Å²) in [5, 5.41) is 9.37. The Labute approximate surface area is 114 Å². The summed E-state index contributed by atoms with van der Waals surface area (Å²) in [4.78, 5) is 14.0. The minimum atomic E-state index is -0.00616. The first-order chi connectivity index (χ1) is 9.11. The lowest BCUT2D eigenvalue weighted by Crippen LogP contribution is -2.39. The number of carbonyl (C=O) groups is 1. The van der Waals surface area contributed by atoms with Crippen molar-refractivity contribution < 1.29 is 9.90 Å². The van der Waals surface area contributed by atoms with Crippen LogP contribution in [0.15, 0.2) is 24.3 Å². The lowest BCUT2D eigenvalue weighted by atomic mass is 10.0. The standard InChI is InChI=1S/C15H22N2O2/c1-11-7-8-17(14(11)10-18)15(19)6-5-12-3-2-4-13(16)9-12/h2-4,9,11,14,18H,5-8,10,16H2,1H3. The third-order valence-corrected chi connectivity index (χ3v) is 3.97. The van der Waals surface area contributed by atoms with Crippen molar-refractivity contribution in [3.8, 4) is 0 Å². The van der Waals surface area contributed by atoms with Crippen LogP contribution >= 0.6 is 0 Å². The Hall–Kier alpha value is -1.55. The predicted octanol–water partition coefficient (Wildman–Crippen LogP) is 1.43. The molecule has 1 heterocycles. The van der Waals surface area contributed by atoms with Gasteiger partial charge in [0, 0.05) is 18.7 Å². The minimum absolute atomic E-state index is 0.00616. The number of rotatable bonds is 4. The van der Waals surface area contributed by atoms with E-state index >= 15 is 0 Å². The van der Waals surface area contributed by atoms with E-state index < -0.39 is 0 Å². The second-order valence-corrected chi connectivity index (χ2v) is 5.35. The fraction of sp³-hybridized carbons (Fsp3) is 0.533. The van der Waals surface area contributed by atoms with Crippen molar-refractivity contribution in [3.63, 3.8) is 0 Å². The number of hydrogen-bond donors (Lipinski definition) is 2. The van der Waals surface area contributed by atoms with E-state index in [0.717, 1.165) is 24.2 Å². The first-order valence-corrected chi connectivity index (χ1v) is 6.86. The quantitative estimate of drug-likeness (QED) is 0.807. The van der Waals surface area contributed by atoms with Gasteiger partial charge in [-0.15, -0.1) is 0 Å². The fourth-order valence-electron chi connectivity index (χ4n) is 2.74. The van der Waals surface area contributed by atoms with Crippen LogP contribution in [0.5, 0.6) is 0 Å². The zero-order valence-corrected chi connectivity index (χ0v) is 11.4. The summed E-state index contributed by atoms with van der Waals surface area (Å²) in [6.45, 7) is 2.92. The Balaban J connectivity index is 1.91. The molecule has 1 aromatic rings. The molecule has 104 valence electrons. The van der Waals surface area contributed by atoms with Gasteiger partial charge in [0.25, 0.3) is 0 Å². The van der Waals surface area contributed by atoms with Crippen LogP contribution < -0.4 is 5.73 Å². The van der Waals surface area contributed by atoms with Gasteiger partial charge in [-0.2, -0.15) is 0 Å². The zero-order valence-electron chi connectivity index (χ0n) is 11.4. The van der Waals surface area contributed by atoms with Gasteiger partial charge in [0.1, 0.15) is 0 Å². The molecule has 2 unspecified atom stereocenters. The molecule has 4 nitrogen and oxygen atoms in total. The number of likely N-dealkylation sites (tertiary alicyclic amines) is 1. The predicted molar refractivity (Wildman–Crippen MR) is 75.5 cm³/mol. The average molecular weight is 262 g/mol. The summed E-state index contributed by atoms with van der Waals surface area (Å²) in [6, 6.07) is 7.63. The second-order valence-electron chi connectivity index (χ2n) is 5.35. The summed E-state index contributed by atoms with van der Waals surface area (Å²) in [5.41, 5.74) is 7.53. The number of benzene rings is 1. The molecule has 1 aliphatic rings. The van der Waals surface area contributed by atoms with Crippen LogP contribution in [0.2, 0.25) is 0 Å².